The number of Topliss-reactive ketones (excluding diaryl/α,β-unsaturated/α-hetero) is 4. The van der Waals surface area contributed by atoms with Gasteiger partial charge in [0.1, 0.15) is 5.75 Å². The molecule has 1 aromatic heterocycles. The standard InChI is InChI=1S/C30H35N3O7S/c1-29(2,3)32-12-14-6-9-19(41-14)15-7-8-18(34)21-16(15)10-13-11-17-23(33(4)5)25(36)22(28(31)39)27(38)30(17,40)26(37)20(13)24(21)35/h6-9,13,17,20,22-23,32,34,40H,10-12H2,1-5H3,(H2,31,39). The molecule has 2 saturated carbocycles. The minimum Gasteiger partial charge on any atom is -0.507 e. The number of aromatic hydroxyl groups is 1. The summed E-state index contributed by atoms with van der Waals surface area (Å²) in [6, 6.07) is 6.01. The van der Waals surface area contributed by atoms with Gasteiger partial charge in [-0.15, -0.1) is 11.3 Å². The van der Waals surface area contributed by atoms with Gasteiger partial charge in [-0.3, -0.25) is 28.9 Å². The summed E-state index contributed by atoms with van der Waals surface area (Å²) in [5, 5.41) is 25.9. The number of nitrogens with two attached hydrogens (primary N) is 1. The Hall–Kier alpha value is -3.25. The van der Waals surface area contributed by atoms with Gasteiger partial charge in [0.05, 0.1) is 17.5 Å². The highest BCUT2D eigenvalue weighted by molar-refractivity contribution is 7.15. The number of aliphatic hydroxyl groups is 1. The topological polar surface area (TPSA) is 167 Å². The van der Waals surface area contributed by atoms with Gasteiger partial charge in [0.25, 0.3) is 0 Å². The minimum absolute atomic E-state index is 0.00291. The first kappa shape index (κ1) is 29.2. The van der Waals surface area contributed by atoms with Gasteiger partial charge in [0.15, 0.2) is 34.7 Å². The Morgan fingerprint density at radius 3 is 2.41 bits per heavy atom. The number of hydrogen-bond acceptors (Lipinski definition) is 10. The zero-order valence-electron chi connectivity index (χ0n) is 23.7. The summed E-state index contributed by atoms with van der Waals surface area (Å²) in [6.07, 6.45) is 0.243. The second-order valence-corrected chi connectivity index (χ2v) is 13.8. The summed E-state index contributed by atoms with van der Waals surface area (Å²) >= 11 is 1.56. The fourth-order valence-corrected chi connectivity index (χ4v) is 7.81. The Morgan fingerprint density at radius 1 is 1.12 bits per heavy atom. The van der Waals surface area contributed by atoms with Crippen molar-refractivity contribution in [3.63, 3.8) is 0 Å². The molecule has 41 heavy (non-hydrogen) atoms. The van der Waals surface area contributed by atoms with Gasteiger partial charge in [-0.05, 0) is 89.0 Å². The van der Waals surface area contributed by atoms with E-state index >= 15 is 0 Å². The van der Waals surface area contributed by atoms with Crippen LogP contribution in [0.4, 0.5) is 0 Å². The van der Waals surface area contributed by atoms with Crippen LogP contribution in [0.3, 0.4) is 0 Å². The fourth-order valence-electron chi connectivity index (χ4n) is 6.81. The number of amides is 1. The normalized spacial score (nSPS) is 29.8. The number of ketones is 4. The van der Waals surface area contributed by atoms with E-state index in [2.05, 4.69) is 26.1 Å². The second-order valence-electron chi connectivity index (χ2n) is 12.6. The predicted octanol–water partition coefficient (Wildman–Crippen LogP) is 1.48. The SMILES string of the molecule is CN(C)C1C(=O)C(C(N)=O)C(=O)C2(O)C(=O)C3C(=O)c4c(O)ccc(-c5ccc(CNC(C)(C)C)s5)c4CC3CC12. The van der Waals surface area contributed by atoms with Gasteiger partial charge < -0.3 is 21.3 Å². The van der Waals surface area contributed by atoms with Crippen LogP contribution in [-0.4, -0.2) is 75.4 Å². The third kappa shape index (κ3) is 4.55. The molecule has 10 nitrogen and oxygen atoms in total. The Labute approximate surface area is 241 Å². The van der Waals surface area contributed by atoms with Gasteiger partial charge in [-0.25, -0.2) is 0 Å². The number of nitrogens with zero attached hydrogens (tertiary/aromatic N) is 1. The molecule has 0 radical (unpaired) electrons. The number of fused-ring (bicyclic) bond motifs is 3. The molecule has 1 aromatic carbocycles. The summed E-state index contributed by atoms with van der Waals surface area (Å²) in [7, 11) is 3.13. The number of nitrogens with one attached hydrogen (secondary N) is 1. The van der Waals surface area contributed by atoms with Gasteiger partial charge in [-0.1, -0.05) is 0 Å². The van der Waals surface area contributed by atoms with E-state index in [4.69, 9.17) is 5.73 Å². The fraction of sp³-hybridized carbons (Fsp3) is 0.500. The van der Waals surface area contributed by atoms with Crippen LogP contribution in [0.5, 0.6) is 5.75 Å². The summed E-state index contributed by atoms with van der Waals surface area (Å²) in [5.41, 5.74) is 3.93. The Bertz CT molecular complexity index is 1490. The Kier molecular flexibility index (Phi) is 7.09. The molecule has 0 saturated heterocycles. The lowest BCUT2D eigenvalue weighted by molar-refractivity contribution is -0.181. The van der Waals surface area contributed by atoms with Crippen molar-refractivity contribution >= 4 is 40.4 Å². The highest BCUT2D eigenvalue weighted by Gasteiger charge is 2.69. The molecule has 6 unspecified atom stereocenters. The van der Waals surface area contributed by atoms with Crippen LogP contribution in [0.1, 0.15) is 48.0 Å². The van der Waals surface area contributed by atoms with Crippen molar-refractivity contribution in [3.05, 3.63) is 40.3 Å². The quantitative estimate of drug-likeness (QED) is 0.383. The van der Waals surface area contributed by atoms with E-state index in [0.29, 0.717) is 12.1 Å². The molecule has 1 amide bonds. The van der Waals surface area contributed by atoms with Crippen molar-refractivity contribution in [1.82, 2.24) is 10.2 Å². The molecule has 218 valence electrons. The van der Waals surface area contributed by atoms with Crippen molar-refractivity contribution in [1.29, 1.82) is 0 Å². The van der Waals surface area contributed by atoms with Gasteiger partial charge >= 0.3 is 0 Å². The largest absolute Gasteiger partial charge is 0.507 e. The van der Waals surface area contributed by atoms with Gasteiger partial charge in [0, 0.05) is 27.8 Å². The molecule has 5 N–H and O–H groups in total. The molecule has 3 aliphatic rings. The molecule has 3 aliphatic carbocycles. The number of phenols is 1. The Morgan fingerprint density at radius 2 is 1.80 bits per heavy atom. The van der Waals surface area contributed by atoms with Crippen molar-refractivity contribution in [2.24, 2.45) is 29.4 Å². The molecule has 1 heterocycles. The van der Waals surface area contributed by atoms with Gasteiger partial charge in [-0.2, -0.15) is 0 Å². The average Bonchev–Trinajstić information content (AvgIpc) is 3.33. The van der Waals surface area contributed by atoms with E-state index in [1.807, 2.05) is 12.1 Å². The second kappa shape index (κ2) is 9.94. The molecule has 2 fully saturated rings. The van der Waals surface area contributed by atoms with Crippen LogP contribution < -0.4 is 11.1 Å². The molecule has 0 spiro atoms. The molecular weight excluding hydrogens is 546 g/mol. The van der Waals surface area contributed by atoms with Crippen LogP contribution in [0, 0.1) is 23.7 Å². The van der Waals surface area contributed by atoms with Gasteiger partial charge in [0.2, 0.25) is 5.91 Å². The van der Waals surface area contributed by atoms with E-state index in [0.717, 1.165) is 15.3 Å². The zero-order chi connectivity index (χ0) is 30.2. The lowest BCUT2D eigenvalue weighted by Gasteiger charge is -2.52. The number of primary amides is 1. The lowest BCUT2D eigenvalue weighted by atomic mass is 9.52. The molecule has 5 rings (SSSR count). The third-order valence-corrected chi connectivity index (χ3v) is 9.78. The van der Waals surface area contributed by atoms with Crippen molar-refractivity contribution < 1.29 is 34.2 Å². The monoisotopic (exact) mass is 581 g/mol. The van der Waals surface area contributed by atoms with Crippen LogP contribution in [0.2, 0.25) is 0 Å². The number of carbonyl (C=O) groups is 5. The highest BCUT2D eigenvalue weighted by atomic mass is 32.1. The molecular formula is C30H35N3O7S. The summed E-state index contributed by atoms with van der Waals surface area (Å²) in [6.45, 7) is 6.89. The number of carbonyl (C=O) groups excluding carboxylic acids is 5. The molecule has 6 atom stereocenters. The summed E-state index contributed by atoms with van der Waals surface area (Å²) < 4.78 is 0. The number of likely N-dealkylation sites (N-methyl/N-ethyl adjacent to an activating group) is 1. The van der Waals surface area contributed by atoms with E-state index in [9.17, 15) is 34.2 Å². The Balaban J connectivity index is 1.57. The summed E-state index contributed by atoms with van der Waals surface area (Å²) in [4.78, 5) is 70.1. The number of thiophene rings is 1. The van der Waals surface area contributed by atoms with Crippen LogP contribution in [0.15, 0.2) is 24.3 Å². The maximum Gasteiger partial charge on any atom is 0.235 e. The maximum absolute atomic E-state index is 14.0. The van der Waals surface area contributed by atoms with Crippen molar-refractivity contribution in [2.45, 2.75) is 57.3 Å². The number of hydrogen-bond donors (Lipinski definition) is 4. The molecule has 11 heteroatoms. The first-order valence-corrected chi connectivity index (χ1v) is 14.4. The number of benzene rings is 1. The maximum atomic E-state index is 14.0. The van der Waals surface area contributed by atoms with Crippen LogP contribution in [-0.2, 0) is 32.1 Å². The highest BCUT2D eigenvalue weighted by Crippen LogP contribution is 2.52. The first-order chi connectivity index (χ1) is 19.1. The van der Waals surface area contributed by atoms with E-state index in [-0.39, 0.29) is 29.7 Å². The minimum atomic E-state index is -2.73. The van der Waals surface area contributed by atoms with Crippen LogP contribution in [0.25, 0.3) is 10.4 Å². The van der Waals surface area contributed by atoms with E-state index in [1.54, 1.807) is 31.5 Å². The number of phenolic OH excluding ortho intramolecular Hbond substituents is 1. The van der Waals surface area contributed by atoms with E-state index < -0.39 is 64.4 Å². The molecule has 0 bridgehead atoms. The van der Waals surface area contributed by atoms with E-state index in [1.165, 1.54) is 11.0 Å². The van der Waals surface area contributed by atoms with Crippen LogP contribution >= 0.6 is 11.3 Å². The average molecular weight is 582 g/mol. The first-order valence-electron chi connectivity index (χ1n) is 13.6. The predicted molar refractivity (Wildman–Crippen MR) is 151 cm³/mol. The molecule has 2 aromatic rings. The molecule has 0 aliphatic heterocycles. The number of rotatable bonds is 5. The van der Waals surface area contributed by atoms with Crippen molar-refractivity contribution in [3.8, 4) is 16.2 Å². The third-order valence-electron chi connectivity index (χ3n) is 8.66. The zero-order valence-corrected chi connectivity index (χ0v) is 24.5. The summed E-state index contributed by atoms with van der Waals surface area (Å²) in [5.74, 6) is -10.5. The lowest BCUT2D eigenvalue weighted by Crippen LogP contribution is -2.74. The van der Waals surface area contributed by atoms with Crippen molar-refractivity contribution in [2.75, 3.05) is 14.1 Å². The smallest absolute Gasteiger partial charge is 0.235 e.